The first-order valence-corrected chi connectivity index (χ1v) is 17.9. The van der Waals surface area contributed by atoms with Crippen molar-refractivity contribution in [2.45, 2.75) is 100 Å². The first-order valence-electron chi connectivity index (χ1n) is 16.6. The molecule has 0 spiro atoms. The Hall–Kier alpha value is -4.49. The third-order valence-corrected chi connectivity index (χ3v) is 8.39. The van der Waals surface area contributed by atoms with E-state index in [0.717, 1.165) is 6.92 Å². The highest BCUT2D eigenvalue weighted by atomic mass is 32.1. The molecule has 1 heterocycles. The Morgan fingerprint density at radius 1 is 0.722 bits per heavy atom. The van der Waals surface area contributed by atoms with Crippen molar-refractivity contribution in [3.63, 3.8) is 0 Å². The molecule has 9 atom stereocenters. The molecular weight excluding hydrogens is 757 g/mol. The average molecular weight is 807 g/mol. The van der Waals surface area contributed by atoms with E-state index in [1.54, 1.807) is 0 Å². The standard InChI is InChI=1S/C30H50N10O12S2/c1-13(41)22(39-25(46)17(5-3-4-6-31)35-24(45)16(32)8-21(43)44)28(49)37-19(10-53)27(48)36-18(7-15-9-33-12-34-15)26(47)40-23(14(2)42)29(50)38-20(11-54)30(51)52/h9,12-14,16-20,22-23,41-42,53-54H,3-8,10-11,31-32H2,1-2H3,(H,33,34)(H,35,45)(H,36,48)(H,37,49)(H,38,50)(H,39,46)(H,40,47)(H,43,44)(H,51,52)/t13-,14-,16+,17+,18+,19+,20+,22+,23+/m1/s1. The number of aliphatic hydroxyl groups is 2. The number of nitrogens with one attached hydrogen (secondary N) is 7. The number of rotatable bonds is 25. The van der Waals surface area contributed by atoms with Gasteiger partial charge in [-0.15, -0.1) is 0 Å². The number of imidazole rings is 1. The number of aromatic nitrogens is 2. The summed E-state index contributed by atoms with van der Waals surface area (Å²) in [6.07, 6.45) is -0.616. The van der Waals surface area contributed by atoms with Crippen LogP contribution in [0.2, 0.25) is 0 Å². The van der Waals surface area contributed by atoms with Crippen LogP contribution >= 0.6 is 25.3 Å². The minimum Gasteiger partial charge on any atom is -0.481 e. The van der Waals surface area contributed by atoms with Crippen LogP contribution in [-0.4, -0.2) is 150 Å². The molecule has 0 radical (unpaired) electrons. The van der Waals surface area contributed by atoms with Gasteiger partial charge in [0.05, 0.1) is 31.0 Å². The van der Waals surface area contributed by atoms with Crippen LogP contribution in [0.25, 0.3) is 0 Å². The van der Waals surface area contributed by atoms with Crippen molar-refractivity contribution in [2.24, 2.45) is 11.5 Å². The summed E-state index contributed by atoms with van der Waals surface area (Å²) in [6, 6.07) is -10.6. The highest BCUT2D eigenvalue weighted by molar-refractivity contribution is 7.80. The number of aliphatic hydroxyl groups excluding tert-OH is 2. The molecule has 54 heavy (non-hydrogen) atoms. The van der Waals surface area contributed by atoms with E-state index < -0.39 is 108 Å². The maximum absolute atomic E-state index is 13.5. The Labute approximate surface area is 320 Å². The van der Waals surface area contributed by atoms with Gasteiger partial charge in [0.2, 0.25) is 35.4 Å². The lowest BCUT2D eigenvalue weighted by atomic mass is 10.1. The van der Waals surface area contributed by atoms with Crippen molar-refractivity contribution in [3.05, 3.63) is 18.2 Å². The summed E-state index contributed by atoms with van der Waals surface area (Å²) in [5.74, 6) is -9.42. The molecule has 0 bridgehead atoms. The number of hydrogen-bond donors (Lipinski definition) is 15. The smallest absolute Gasteiger partial charge is 0.327 e. The van der Waals surface area contributed by atoms with Gasteiger partial charge >= 0.3 is 11.9 Å². The van der Waals surface area contributed by atoms with E-state index >= 15 is 0 Å². The van der Waals surface area contributed by atoms with Gasteiger partial charge in [0, 0.05) is 29.8 Å². The zero-order chi connectivity index (χ0) is 41.1. The second kappa shape index (κ2) is 24.0. The van der Waals surface area contributed by atoms with Crippen LogP contribution in [0.1, 0.15) is 45.2 Å². The Kier molecular flexibility index (Phi) is 21.1. The zero-order valence-electron chi connectivity index (χ0n) is 29.6. The largest absolute Gasteiger partial charge is 0.481 e. The van der Waals surface area contributed by atoms with Crippen LogP contribution in [-0.2, 0) is 44.8 Å². The molecule has 0 saturated heterocycles. The normalized spacial score (nSPS) is 16.1. The van der Waals surface area contributed by atoms with Gasteiger partial charge < -0.3 is 68.8 Å². The lowest BCUT2D eigenvalue weighted by Gasteiger charge is -2.28. The number of aliphatic carboxylic acids is 2. The molecule has 1 aromatic rings. The molecule has 0 unspecified atom stereocenters. The Morgan fingerprint density at radius 3 is 1.65 bits per heavy atom. The third-order valence-electron chi connectivity index (χ3n) is 7.66. The second-order valence-electron chi connectivity index (χ2n) is 12.2. The predicted octanol–water partition coefficient (Wildman–Crippen LogP) is -5.50. The summed E-state index contributed by atoms with van der Waals surface area (Å²) >= 11 is 7.99. The summed E-state index contributed by atoms with van der Waals surface area (Å²) in [5.41, 5.74) is 11.5. The van der Waals surface area contributed by atoms with E-state index in [9.17, 15) is 53.7 Å². The summed E-state index contributed by atoms with van der Waals surface area (Å²) in [7, 11) is 0. The van der Waals surface area contributed by atoms with E-state index in [1.807, 2.05) is 0 Å². The lowest BCUT2D eigenvalue weighted by Crippen LogP contribution is -2.62. The predicted molar refractivity (Wildman–Crippen MR) is 196 cm³/mol. The summed E-state index contributed by atoms with van der Waals surface area (Å²) in [4.78, 5) is 108. The number of nitrogens with zero attached hydrogens (tertiary/aromatic N) is 1. The van der Waals surface area contributed by atoms with E-state index in [1.165, 1.54) is 19.4 Å². The minimum atomic E-state index is -1.70. The van der Waals surface area contributed by atoms with Gasteiger partial charge in [-0.05, 0) is 39.7 Å². The molecule has 15 N–H and O–H groups in total. The van der Waals surface area contributed by atoms with Gasteiger partial charge in [-0.1, -0.05) is 0 Å². The second-order valence-corrected chi connectivity index (χ2v) is 12.9. The first kappa shape index (κ1) is 47.5. The molecule has 304 valence electrons. The number of unbranched alkanes of at least 4 members (excludes halogenated alkanes) is 1. The number of carbonyl (C=O) groups excluding carboxylic acids is 6. The van der Waals surface area contributed by atoms with E-state index in [4.69, 9.17) is 16.6 Å². The Balaban J connectivity index is 3.20. The molecule has 0 aliphatic carbocycles. The molecule has 1 rings (SSSR count). The van der Waals surface area contributed by atoms with Gasteiger partial charge in [0.15, 0.2) is 0 Å². The topological polar surface area (TPSA) is 370 Å². The highest BCUT2D eigenvalue weighted by Gasteiger charge is 2.35. The Bertz CT molecular complexity index is 1440. The number of hydrogen-bond acceptors (Lipinski definition) is 15. The van der Waals surface area contributed by atoms with Crippen molar-refractivity contribution in [3.8, 4) is 0 Å². The SMILES string of the molecule is C[C@@H](O)[C@H](NC(=O)[C@H](Cc1cnc[nH]1)NC(=O)[C@H](CS)NC(=O)[C@@H](NC(=O)[C@H](CCCCN)NC(=O)[C@@H](N)CC(=O)O)[C@@H](C)O)C(=O)N[C@@H](CS)C(=O)O. The van der Waals surface area contributed by atoms with E-state index in [2.05, 4.69) is 67.1 Å². The van der Waals surface area contributed by atoms with Crippen LogP contribution in [0.5, 0.6) is 0 Å². The van der Waals surface area contributed by atoms with Gasteiger partial charge in [0.25, 0.3) is 0 Å². The molecule has 0 fully saturated rings. The number of aromatic amines is 1. The summed E-state index contributed by atoms with van der Waals surface area (Å²) < 4.78 is 0. The number of thiol groups is 2. The van der Waals surface area contributed by atoms with Gasteiger partial charge in [0.1, 0.15) is 36.3 Å². The molecule has 1 aromatic heterocycles. The fourth-order valence-corrected chi connectivity index (χ4v) is 5.14. The van der Waals surface area contributed by atoms with Crippen molar-refractivity contribution < 1.29 is 58.8 Å². The van der Waals surface area contributed by atoms with Crippen LogP contribution in [0.15, 0.2) is 12.5 Å². The molecular formula is C30H50N10O12S2. The molecule has 0 aliphatic rings. The monoisotopic (exact) mass is 806 g/mol. The minimum absolute atomic E-state index is 0.0110. The Morgan fingerprint density at radius 2 is 1.20 bits per heavy atom. The van der Waals surface area contributed by atoms with Gasteiger partial charge in [-0.2, -0.15) is 25.3 Å². The molecule has 0 saturated carbocycles. The van der Waals surface area contributed by atoms with Crippen LogP contribution in [0, 0.1) is 0 Å². The van der Waals surface area contributed by atoms with Gasteiger partial charge in [-0.3, -0.25) is 33.6 Å². The summed E-state index contributed by atoms with van der Waals surface area (Å²) in [5, 5.41) is 52.7. The molecule has 22 nitrogen and oxygen atoms in total. The summed E-state index contributed by atoms with van der Waals surface area (Å²) in [6.45, 7) is 2.59. The van der Waals surface area contributed by atoms with Crippen LogP contribution < -0.4 is 43.4 Å². The molecule has 24 heteroatoms. The third kappa shape index (κ3) is 16.3. The van der Waals surface area contributed by atoms with Crippen molar-refractivity contribution >= 4 is 72.6 Å². The lowest BCUT2D eigenvalue weighted by molar-refractivity contribution is -0.142. The van der Waals surface area contributed by atoms with Crippen LogP contribution in [0.3, 0.4) is 0 Å². The number of nitrogens with two attached hydrogens (primary N) is 2. The number of amides is 6. The van der Waals surface area contributed by atoms with Crippen LogP contribution in [0.4, 0.5) is 0 Å². The molecule has 0 aromatic carbocycles. The van der Waals surface area contributed by atoms with Crippen molar-refractivity contribution in [1.29, 1.82) is 0 Å². The zero-order valence-corrected chi connectivity index (χ0v) is 31.3. The van der Waals surface area contributed by atoms with Crippen molar-refractivity contribution in [1.82, 2.24) is 41.9 Å². The fourth-order valence-electron chi connectivity index (χ4n) is 4.64. The molecule has 0 aliphatic heterocycles. The first-order chi connectivity index (χ1) is 25.4. The highest BCUT2D eigenvalue weighted by Crippen LogP contribution is 2.07. The maximum Gasteiger partial charge on any atom is 0.327 e. The molecule has 6 amide bonds. The fraction of sp³-hybridized carbons (Fsp3) is 0.633. The quantitative estimate of drug-likeness (QED) is 0.0324. The van der Waals surface area contributed by atoms with E-state index in [-0.39, 0.29) is 30.9 Å². The average Bonchev–Trinajstić information content (AvgIpc) is 3.61. The number of carboxylic acid groups (broad SMARTS) is 2. The number of carboxylic acids is 2. The van der Waals surface area contributed by atoms with Gasteiger partial charge in [-0.25, -0.2) is 9.78 Å². The van der Waals surface area contributed by atoms with Crippen molar-refractivity contribution in [2.75, 3.05) is 18.1 Å². The number of carbonyl (C=O) groups is 8. The van der Waals surface area contributed by atoms with E-state index in [0.29, 0.717) is 18.5 Å². The number of H-pyrrole nitrogens is 1. The maximum atomic E-state index is 13.5.